The molecule has 1 saturated carbocycles. The summed E-state index contributed by atoms with van der Waals surface area (Å²) in [4.78, 5) is 12.4. The molecule has 0 saturated heterocycles. The number of carbonyl (C=O) groups is 1. The average molecular weight is 390 g/mol. The van der Waals surface area contributed by atoms with Crippen LogP contribution in [0.25, 0.3) is 11.4 Å². The molecule has 0 bridgehead atoms. The molecule has 3 N–H and O–H groups in total. The van der Waals surface area contributed by atoms with E-state index in [2.05, 4.69) is 15.5 Å². The monoisotopic (exact) mass is 389 g/mol. The molecule has 7 nitrogen and oxygen atoms in total. The first-order valence-electron chi connectivity index (χ1n) is 9.37. The number of benzene rings is 1. The Morgan fingerprint density at radius 3 is 2.67 bits per heavy atom. The number of ether oxygens (including phenoxy) is 1. The van der Waals surface area contributed by atoms with E-state index in [0.717, 1.165) is 17.9 Å². The number of nitrogens with two attached hydrogens (primary N) is 1. The van der Waals surface area contributed by atoms with Gasteiger partial charge < -0.3 is 15.9 Å². The first kappa shape index (κ1) is 19.5. The molecule has 1 aliphatic rings. The maximum absolute atomic E-state index is 12.4. The van der Waals surface area contributed by atoms with E-state index < -0.39 is 0 Å². The number of nitrogen functional groups attached to an aromatic ring is 1. The highest BCUT2D eigenvalue weighted by Gasteiger charge is 2.21. The molecular formula is C19H27N5O2S. The Labute approximate surface area is 164 Å². The molecule has 1 heterocycles. The largest absolute Gasteiger partial charge is 0.497 e. The molecule has 1 fully saturated rings. The van der Waals surface area contributed by atoms with Crippen LogP contribution in [0.15, 0.2) is 29.4 Å². The fraction of sp³-hybridized carbons (Fsp3) is 0.526. The standard InChI is InChI=1S/C19H27N5O2S/c1-13(18(25)21-12-14-6-4-3-5-7-14)27-19-23-22-17(24(19)20)15-8-10-16(26-2)11-9-15/h8-11,13-14H,3-7,12,20H2,1-2H3,(H,21,25)/t13-/m0/s1. The number of carbonyl (C=O) groups excluding carboxylic acids is 1. The summed E-state index contributed by atoms with van der Waals surface area (Å²) in [6, 6.07) is 7.44. The fourth-order valence-corrected chi connectivity index (χ4v) is 4.08. The third-order valence-corrected chi connectivity index (χ3v) is 6.01. The first-order valence-corrected chi connectivity index (χ1v) is 10.3. The minimum Gasteiger partial charge on any atom is -0.497 e. The van der Waals surface area contributed by atoms with Gasteiger partial charge in [-0.1, -0.05) is 31.0 Å². The minimum atomic E-state index is -0.288. The van der Waals surface area contributed by atoms with Gasteiger partial charge >= 0.3 is 0 Å². The van der Waals surface area contributed by atoms with Gasteiger partial charge in [0, 0.05) is 12.1 Å². The van der Waals surface area contributed by atoms with Gasteiger partial charge in [-0.3, -0.25) is 4.79 Å². The Balaban J connectivity index is 1.58. The Morgan fingerprint density at radius 2 is 2.00 bits per heavy atom. The van der Waals surface area contributed by atoms with Gasteiger partial charge in [-0.15, -0.1) is 10.2 Å². The van der Waals surface area contributed by atoms with Gasteiger partial charge in [-0.25, -0.2) is 4.68 Å². The van der Waals surface area contributed by atoms with Crippen LogP contribution in [0.2, 0.25) is 0 Å². The second-order valence-electron chi connectivity index (χ2n) is 6.91. The van der Waals surface area contributed by atoms with Gasteiger partial charge in [-0.2, -0.15) is 0 Å². The lowest BCUT2D eigenvalue weighted by atomic mass is 9.89. The molecule has 1 amide bonds. The summed E-state index contributed by atoms with van der Waals surface area (Å²) in [6.45, 7) is 2.62. The van der Waals surface area contributed by atoms with Crippen LogP contribution >= 0.6 is 11.8 Å². The van der Waals surface area contributed by atoms with Gasteiger partial charge in [0.15, 0.2) is 5.82 Å². The van der Waals surface area contributed by atoms with Crippen LogP contribution in [0.1, 0.15) is 39.0 Å². The summed E-state index contributed by atoms with van der Waals surface area (Å²) < 4.78 is 6.59. The predicted molar refractivity (Wildman–Crippen MR) is 107 cm³/mol. The highest BCUT2D eigenvalue weighted by Crippen LogP contribution is 2.26. The van der Waals surface area contributed by atoms with Crippen LogP contribution in [0.5, 0.6) is 5.75 Å². The molecule has 1 aromatic carbocycles. The Hall–Kier alpha value is -2.22. The zero-order valence-corrected chi connectivity index (χ0v) is 16.7. The Morgan fingerprint density at radius 1 is 1.30 bits per heavy atom. The van der Waals surface area contributed by atoms with Crippen molar-refractivity contribution < 1.29 is 9.53 Å². The number of methoxy groups -OCH3 is 1. The molecule has 8 heteroatoms. The predicted octanol–water partition coefficient (Wildman–Crippen LogP) is 2.84. The molecule has 1 aromatic heterocycles. The van der Waals surface area contributed by atoms with Crippen molar-refractivity contribution >= 4 is 17.7 Å². The lowest BCUT2D eigenvalue weighted by molar-refractivity contribution is -0.120. The summed E-state index contributed by atoms with van der Waals surface area (Å²) in [7, 11) is 1.62. The Bertz CT molecular complexity index is 756. The minimum absolute atomic E-state index is 0.0135. The molecule has 0 unspecified atom stereocenters. The highest BCUT2D eigenvalue weighted by molar-refractivity contribution is 8.00. The third-order valence-electron chi connectivity index (χ3n) is 4.95. The summed E-state index contributed by atoms with van der Waals surface area (Å²) in [6.07, 6.45) is 6.29. The van der Waals surface area contributed by atoms with E-state index in [1.54, 1.807) is 7.11 Å². The molecule has 1 aliphatic carbocycles. The quantitative estimate of drug-likeness (QED) is 0.558. The zero-order valence-electron chi connectivity index (χ0n) is 15.9. The van der Waals surface area contributed by atoms with Crippen molar-refractivity contribution in [2.45, 2.75) is 49.4 Å². The topological polar surface area (TPSA) is 95.1 Å². The van der Waals surface area contributed by atoms with E-state index in [9.17, 15) is 4.79 Å². The van der Waals surface area contributed by atoms with Crippen LogP contribution in [-0.4, -0.2) is 39.7 Å². The number of rotatable bonds is 7. The lowest BCUT2D eigenvalue weighted by Crippen LogP contribution is -2.35. The van der Waals surface area contributed by atoms with Gasteiger partial charge in [0.2, 0.25) is 11.1 Å². The Kier molecular flexibility index (Phi) is 6.60. The van der Waals surface area contributed by atoms with Gasteiger partial charge in [0.1, 0.15) is 5.75 Å². The molecule has 0 spiro atoms. The summed E-state index contributed by atoms with van der Waals surface area (Å²) in [5.41, 5.74) is 0.840. The van der Waals surface area contributed by atoms with Crippen molar-refractivity contribution in [3.8, 4) is 17.1 Å². The smallest absolute Gasteiger partial charge is 0.233 e. The number of hydrogen-bond donors (Lipinski definition) is 2. The molecule has 2 aromatic rings. The van der Waals surface area contributed by atoms with Crippen LogP contribution in [-0.2, 0) is 4.79 Å². The number of aromatic nitrogens is 3. The van der Waals surface area contributed by atoms with Crippen molar-refractivity contribution in [1.82, 2.24) is 20.2 Å². The maximum Gasteiger partial charge on any atom is 0.233 e. The normalized spacial score (nSPS) is 16.1. The number of thioether (sulfide) groups is 1. The van der Waals surface area contributed by atoms with Crippen LogP contribution in [0.3, 0.4) is 0 Å². The highest BCUT2D eigenvalue weighted by atomic mass is 32.2. The molecule has 27 heavy (non-hydrogen) atoms. The van der Waals surface area contributed by atoms with Crippen LogP contribution < -0.4 is 15.9 Å². The zero-order chi connectivity index (χ0) is 19.2. The average Bonchev–Trinajstić information content (AvgIpc) is 3.07. The van der Waals surface area contributed by atoms with Gasteiger partial charge in [-0.05, 0) is 49.9 Å². The first-order chi connectivity index (χ1) is 13.1. The summed E-state index contributed by atoms with van der Waals surface area (Å²) in [5.74, 6) is 8.09. The lowest BCUT2D eigenvalue weighted by Gasteiger charge is -2.22. The molecule has 1 atom stereocenters. The summed E-state index contributed by atoms with van der Waals surface area (Å²) >= 11 is 1.32. The maximum atomic E-state index is 12.4. The molecule has 3 rings (SSSR count). The fourth-order valence-electron chi connectivity index (χ4n) is 3.29. The number of nitrogens with zero attached hydrogens (tertiary/aromatic N) is 3. The number of amides is 1. The van der Waals surface area contributed by atoms with Crippen LogP contribution in [0, 0.1) is 5.92 Å². The van der Waals surface area contributed by atoms with Crippen molar-refractivity contribution in [2.75, 3.05) is 19.5 Å². The van der Waals surface area contributed by atoms with Crippen molar-refractivity contribution in [2.24, 2.45) is 5.92 Å². The summed E-state index contributed by atoms with van der Waals surface area (Å²) in [5, 5.41) is 11.6. The SMILES string of the molecule is COc1ccc(-c2nnc(S[C@@H](C)C(=O)NCC3CCCCC3)n2N)cc1. The van der Waals surface area contributed by atoms with Crippen molar-refractivity contribution in [1.29, 1.82) is 0 Å². The molecule has 0 radical (unpaired) electrons. The number of hydrogen-bond acceptors (Lipinski definition) is 6. The molecule has 146 valence electrons. The van der Waals surface area contributed by atoms with E-state index in [-0.39, 0.29) is 11.2 Å². The molecular weight excluding hydrogens is 362 g/mol. The van der Waals surface area contributed by atoms with E-state index in [4.69, 9.17) is 10.6 Å². The van der Waals surface area contributed by atoms with Crippen molar-refractivity contribution in [3.05, 3.63) is 24.3 Å². The second kappa shape index (κ2) is 9.12. The van der Waals surface area contributed by atoms with E-state index in [0.29, 0.717) is 16.9 Å². The third kappa shape index (κ3) is 4.94. The molecule has 0 aliphatic heterocycles. The number of nitrogens with one attached hydrogen (secondary N) is 1. The van der Waals surface area contributed by atoms with E-state index in [1.807, 2.05) is 31.2 Å². The van der Waals surface area contributed by atoms with Gasteiger partial charge in [0.25, 0.3) is 0 Å². The van der Waals surface area contributed by atoms with E-state index in [1.165, 1.54) is 48.5 Å². The second-order valence-corrected chi connectivity index (χ2v) is 8.22. The van der Waals surface area contributed by atoms with Crippen molar-refractivity contribution in [3.63, 3.8) is 0 Å². The van der Waals surface area contributed by atoms with E-state index >= 15 is 0 Å². The van der Waals surface area contributed by atoms with Crippen LogP contribution in [0.4, 0.5) is 0 Å². The van der Waals surface area contributed by atoms with Gasteiger partial charge in [0.05, 0.1) is 12.4 Å².